The number of rotatable bonds is 4. The van der Waals surface area contributed by atoms with Gasteiger partial charge in [-0.2, -0.15) is 0 Å². The third kappa shape index (κ3) is 3.61. The molecule has 1 N–H and O–H groups in total. The molecule has 8 heteroatoms. The number of thiazole rings is 1. The fourth-order valence-corrected chi connectivity index (χ4v) is 2.98. The number of aromatic nitrogens is 1. The largest absolute Gasteiger partial charge is 0.481 e. The quantitative estimate of drug-likeness (QED) is 0.851. The second kappa shape index (κ2) is 6.83. The molecule has 2 rings (SSSR count). The molecule has 2 aromatic rings. The molecule has 0 aliphatic heterocycles. The van der Waals surface area contributed by atoms with E-state index in [4.69, 9.17) is 39.5 Å². The number of anilines is 1. The molecular formula is C13H11Cl3N2O2S. The molecule has 0 fully saturated rings. The fourth-order valence-electron chi connectivity index (χ4n) is 1.62. The predicted octanol–water partition coefficient (Wildman–Crippen LogP) is 4.74. The first-order chi connectivity index (χ1) is 9.91. The van der Waals surface area contributed by atoms with Crippen LogP contribution in [0.25, 0.3) is 0 Å². The maximum absolute atomic E-state index is 11.8. The molecule has 0 unspecified atom stereocenters. The van der Waals surface area contributed by atoms with Gasteiger partial charge in [0.15, 0.2) is 17.5 Å². The average molecular weight is 366 g/mol. The fraction of sp³-hybridized carbons (Fsp3) is 0.231. The number of amides is 1. The molecule has 4 nitrogen and oxygen atoms in total. The van der Waals surface area contributed by atoms with Gasteiger partial charge in [0.2, 0.25) is 0 Å². The number of benzene rings is 1. The molecule has 0 bridgehead atoms. The summed E-state index contributed by atoms with van der Waals surface area (Å²) < 4.78 is 5.44. The van der Waals surface area contributed by atoms with E-state index in [2.05, 4.69) is 10.3 Å². The molecule has 0 saturated heterocycles. The van der Waals surface area contributed by atoms with Gasteiger partial charge in [0.1, 0.15) is 0 Å². The van der Waals surface area contributed by atoms with Gasteiger partial charge < -0.3 is 4.74 Å². The van der Waals surface area contributed by atoms with E-state index in [1.165, 1.54) is 11.3 Å². The molecule has 0 saturated carbocycles. The number of hydrogen-bond acceptors (Lipinski definition) is 4. The number of carbonyl (C=O) groups excluding carboxylic acids is 1. The van der Waals surface area contributed by atoms with E-state index in [1.54, 1.807) is 25.4 Å². The summed E-state index contributed by atoms with van der Waals surface area (Å²) in [6.07, 6.45) is 1.60. The van der Waals surface area contributed by atoms with Crippen LogP contribution < -0.4 is 10.1 Å². The molecule has 0 spiro atoms. The monoisotopic (exact) mass is 364 g/mol. The Morgan fingerprint density at radius 3 is 2.38 bits per heavy atom. The lowest BCUT2D eigenvalue weighted by Gasteiger charge is -2.15. The molecule has 0 radical (unpaired) electrons. The lowest BCUT2D eigenvalue weighted by Crippen LogP contribution is -2.20. The lowest BCUT2D eigenvalue weighted by atomic mass is 10.1. The van der Waals surface area contributed by atoms with Gasteiger partial charge in [-0.3, -0.25) is 10.1 Å². The molecule has 0 aliphatic rings. The van der Waals surface area contributed by atoms with Gasteiger partial charge in [0.25, 0.3) is 5.91 Å². The maximum Gasteiger partial charge on any atom is 0.264 e. The normalized spacial score (nSPS) is 10.5. The van der Waals surface area contributed by atoms with Gasteiger partial charge >= 0.3 is 0 Å². The summed E-state index contributed by atoms with van der Waals surface area (Å²) in [4.78, 5) is 15.7. The van der Waals surface area contributed by atoms with E-state index in [0.717, 1.165) is 0 Å². The van der Waals surface area contributed by atoms with Crippen molar-refractivity contribution in [3.8, 4) is 5.75 Å². The predicted molar refractivity (Wildman–Crippen MR) is 87.2 cm³/mol. The van der Waals surface area contributed by atoms with Crippen LogP contribution in [0, 0.1) is 13.8 Å². The lowest BCUT2D eigenvalue weighted by molar-refractivity contribution is -0.118. The summed E-state index contributed by atoms with van der Waals surface area (Å²) in [6.45, 7) is 3.30. The second-order valence-electron chi connectivity index (χ2n) is 4.20. The minimum Gasteiger partial charge on any atom is -0.481 e. The Morgan fingerprint density at radius 1 is 1.24 bits per heavy atom. The van der Waals surface area contributed by atoms with Crippen molar-refractivity contribution in [3.63, 3.8) is 0 Å². The van der Waals surface area contributed by atoms with E-state index < -0.39 is 0 Å². The van der Waals surface area contributed by atoms with Crippen LogP contribution in [0.3, 0.4) is 0 Å². The van der Waals surface area contributed by atoms with Crippen molar-refractivity contribution in [2.75, 3.05) is 11.9 Å². The first-order valence-electron chi connectivity index (χ1n) is 5.87. The van der Waals surface area contributed by atoms with Gasteiger partial charge in [0, 0.05) is 16.6 Å². The SMILES string of the molecule is Cc1c(Cl)c(C)c(Cl)c(OCC(=O)Nc2nccs2)c1Cl. The number of nitrogens with zero attached hydrogens (tertiary/aromatic N) is 1. The Bertz CT molecular complexity index is 646. The number of ether oxygens (including phenoxy) is 1. The van der Waals surface area contributed by atoms with Gasteiger partial charge in [-0.15, -0.1) is 11.3 Å². The van der Waals surface area contributed by atoms with Crippen molar-refractivity contribution in [2.24, 2.45) is 0 Å². The molecular weight excluding hydrogens is 355 g/mol. The number of carbonyl (C=O) groups is 1. The molecule has 1 amide bonds. The van der Waals surface area contributed by atoms with Crippen LogP contribution in [0.15, 0.2) is 11.6 Å². The molecule has 1 aromatic carbocycles. The van der Waals surface area contributed by atoms with Crippen LogP contribution in [0.1, 0.15) is 11.1 Å². The van der Waals surface area contributed by atoms with Crippen LogP contribution >= 0.6 is 46.1 Å². The van der Waals surface area contributed by atoms with Gasteiger partial charge in [-0.05, 0) is 25.0 Å². The Morgan fingerprint density at radius 2 is 1.86 bits per heavy atom. The highest BCUT2D eigenvalue weighted by Gasteiger charge is 2.18. The van der Waals surface area contributed by atoms with Crippen LogP contribution in [-0.4, -0.2) is 17.5 Å². The molecule has 0 aliphatic carbocycles. The summed E-state index contributed by atoms with van der Waals surface area (Å²) in [6, 6.07) is 0. The average Bonchev–Trinajstić information content (AvgIpc) is 2.96. The van der Waals surface area contributed by atoms with Crippen LogP contribution in [-0.2, 0) is 4.79 Å². The van der Waals surface area contributed by atoms with Crippen molar-refractivity contribution in [1.82, 2.24) is 4.98 Å². The first kappa shape index (κ1) is 16.4. The first-order valence-corrected chi connectivity index (χ1v) is 7.89. The summed E-state index contributed by atoms with van der Waals surface area (Å²) >= 11 is 19.8. The van der Waals surface area contributed by atoms with Gasteiger partial charge in [-0.1, -0.05) is 34.8 Å². The van der Waals surface area contributed by atoms with Crippen molar-refractivity contribution in [2.45, 2.75) is 13.8 Å². The molecule has 112 valence electrons. The van der Waals surface area contributed by atoms with Crippen LogP contribution in [0.5, 0.6) is 5.75 Å². The Balaban J connectivity index is 2.12. The van der Waals surface area contributed by atoms with Crippen LogP contribution in [0.4, 0.5) is 5.13 Å². The summed E-state index contributed by atoms with van der Waals surface area (Å²) in [5.74, 6) is -0.0886. The highest BCUT2D eigenvalue weighted by Crippen LogP contribution is 2.42. The van der Waals surface area contributed by atoms with Gasteiger partial charge in [0.05, 0.1) is 10.0 Å². The Kier molecular flexibility index (Phi) is 5.32. The highest BCUT2D eigenvalue weighted by molar-refractivity contribution is 7.13. The standard InChI is InChI=1S/C13H11Cl3N2O2S/c1-6-9(14)7(2)11(16)12(10(6)15)20-5-8(19)18-13-17-3-4-21-13/h3-4H,5H2,1-2H3,(H,17,18,19). The molecule has 1 heterocycles. The van der Waals surface area contributed by atoms with Crippen molar-refractivity contribution in [3.05, 3.63) is 37.8 Å². The zero-order chi connectivity index (χ0) is 15.6. The third-order valence-electron chi connectivity index (χ3n) is 2.74. The zero-order valence-electron chi connectivity index (χ0n) is 11.2. The second-order valence-corrected chi connectivity index (χ2v) is 6.22. The van der Waals surface area contributed by atoms with Gasteiger partial charge in [-0.25, -0.2) is 4.98 Å². The molecule has 21 heavy (non-hydrogen) atoms. The summed E-state index contributed by atoms with van der Waals surface area (Å²) in [5, 5.41) is 5.96. The van der Waals surface area contributed by atoms with E-state index >= 15 is 0 Å². The van der Waals surface area contributed by atoms with Crippen molar-refractivity contribution >= 4 is 57.2 Å². The minimum atomic E-state index is -0.345. The van der Waals surface area contributed by atoms with Crippen molar-refractivity contribution < 1.29 is 9.53 Å². The van der Waals surface area contributed by atoms with E-state index in [-0.39, 0.29) is 18.3 Å². The third-order valence-corrected chi connectivity index (χ3v) is 4.91. The zero-order valence-corrected chi connectivity index (χ0v) is 14.3. The van der Waals surface area contributed by atoms with E-state index in [0.29, 0.717) is 31.3 Å². The topological polar surface area (TPSA) is 51.2 Å². The minimum absolute atomic E-state index is 0.223. The maximum atomic E-state index is 11.8. The number of hydrogen-bond donors (Lipinski definition) is 1. The number of nitrogens with one attached hydrogen (secondary N) is 1. The Labute approximate surface area is 141 Å². The summed E-state index contributed by atoms with van der Waals surface area (Å²) in [7, 11) is 0. The molecule has 1 aromatic heterocycles. The van der Waals surface area contributed by atoms with Crippen molar-refractivity contribution in [1.29, 1.82) is 0 Å². The van der Waals surface area contributed by atoms with Crippen LogP contribution in [0.2, 0.25) is 15.1 Å². The van der Waals surface area contributed by atoms with E-state index in [9.17, 15) is 4.79 Å². The highest BCUT2D eigenvalue weighted by atomic mass is 35.5. The molecule has 0 atom stereocenters. The number of halogens is 3. The Hall–Kier alpha value is -1.01. The van der Waals surface area contributed by atoms with E-state index in [1.807, 2.05) is 0 Å². The smallest absolute Gasteiger partial charge is 0.264 e. The summed E-state index contributed by atoms with van der Waals surface area (Å²) in [5.41, 5.74) is 1.33.